The summed E-state index contributed by atoms with van der Waals surface area (Å²) >= 11 is 10.1. The molecule has 7 heteroatoms. The first-order valence-electron chi connectivity index (χ1n) is 6.28. The molecular formula is C15H20OS6. The van der Waals surface area contributed by atoms with Gasteiger partial charge in [-0.2, -0.15) is 0 Å². The Kier molecular flexibility index (Phi) is 9.34. The maximum Gasteiger partial charge on any atom is 0.219 e. The number of carbonyl (C=O) groups is 1. The molecule has 22 heavy (non-hydrogen) atoms. The predicted molar refractivity (Wildman–Crippen MR) is 111 cm³/mol. The third-order valence-electron chi connectivity index (χ3n) is 2.80. The number of thioether (sulfide) groups is 6. The fourth-order valence-corrected chi connectivity index (χ4v) is 8.58. The molecule has 0 aliphatic rings. The molecule has 0 radical (unpaired) electrons. The lowest BCUT2D eigenvalue weighted by Gasteiger charge is -2.21. The molecule has 0 fully saturated rings. The average Bonchev–Trinajstić information content (AvgIpc) is 2.52. The Morgan fingerprint density at radius 1 is 0.682 bits per heavy atom. The molecule has 0 aliphatic carbocycles. The van der Waals surface area contributed by atoms with Crippen LogP contribution in [0.2, 0.25) is 0 Å². The summed E-state index contributed by atoms with van der Waals surface area (Å²) in [7, 11) is 0. The maximum absolute atomic E-state index is 12.2. The summed E-state index contributed by atoms with van der Waals surface area (Å²) in [5.74, 6) is 0. The summed E-state index contributed by atoms with van der Waals surface area (Å²) in [5.41, 5.74) is 0.592. The first-order valence-corrected chi connectivity index (χ1v) is 13.2. The summed E-state index contributed by atoms with van der Waals surface area (Å²) in [5, 5.41) is 0.0432. The van der Waals surface area contributed by atoms with Gasteiger partial charge in [0.15, 0.2) is 0 Å². The minimum absolute atomic E-state index is 0.0432. The zero-order valence-corrected chi connectivity index (χ0v) is 18.5. The molecule has 0 spiro atoms. The number of hydrogen-bond acceptors (Lipinski definition) is 7. The summed E-state index contributed by atoms with van der Waals surface area (Å²) < 4.78 is 0. The van der Waals surface area contributed by atoms with Gasteiger partial charge in [0, 0.05) is 29.4 Å². The van der Waals surface area contributed by atoms with E-state index in [0.29, 0.717) is 5.57 Å². The van der Waals surface area contributed by atoms with Gasteiger partial charge < -0.3 is 0 Å². The second kappa shape index (κ2) is 9.89. The molecule has 0 amide bonds. The molecule has 0 heterocycles. The number of rotatable bonds is 7. The van der Waals surface area contributed by atoms with Crippen LogP contribution in [0.1, 0.15) is 6.92 Å². The minimum atomic E-state index is 0.0432. The molecular weight excluding hydrogens is 389 g/mol. The molecule has 0 saturated heterocycles. The van der Waals surface area contributed by atoms with Crippen LogP contribution in [0.4, 0.5) is 0 Å². The molecule has 0 atom stereocenters. The van der Waals surface area contributed by atoms with E-state index < -0.39 is 0 Å². The third-order valence-corrected chi connectivity index (χ3v) is 8.81. The van der Waals surface area contributed by atoms with Crippen LogP contribution >= 0.6 is 70.6 Å². The fourth-order valence-electron chi connectivity index (χ4n) is 1.82. The molecule has 0 aliphatic heterocycles. The van der Waals surface area contributed by atoms with Crippen molar-refractivity contribution < 1.29 is 4.79 Å². The SMILES string of the molecule is C=C(C)C(=O)Sc1c(SC)c(SC)c(SC)c(SC)c1SC. The average molecular weight is 409 g/mol. The van der Waals surface area contributed by atoms with Crippen molar-refractivity contribution in [1.82, 2.24) is 0 Å². The highest BCUT2D eigenvalue weighted by molar-refractivity contribution is 8.15. The normalized spacial score (nSPS) is 10.8. The minimum Gasteiger partial charge on any atom is -0.282 e. The second-order valence-corrected chi connectivity index (χ2v) is 9.23. The highest BCUT2D eigenvalue weighted by atomic mass is 32.2. The van der Waals surface area contributed by atoms with E-state index in [1.54, 1.807) is 65.7 Å². The molecule has 0 aromatic heterocycles. The molecule has 0 saturated carbocycles. The maximum atomic E-state index is 12.2. The molecule has 122 valence electrons. The van der Waals surface area contributed by atoms with Gasteiger partial charge in [-0.05, 0) is 55.5 Å². The van der Waals surface area contributed by atoms with Crippen molar-refractivity contribution >= 4 is 75.7 Å². The standard InChI is InChI=1S/C15H20OS6/c1-8(2)15(16)22-14-12(20-6)10(18-4)9(17-3)11(19-5)13(14)21-7/h1H2,2-7H3. The molecule has 0 N–H and O–H groups in total. The van der Waals surface area contributed by atoms with E-state index in [0.717, 1.165) is 4.90 Å². The third kappa shape index (κ3) is 4.42. The predicted octanol–water partition coefficient (Wildman–Crippen LogP) is 6.49. The Morgan fingerprint density at radius 3 is 1.18 bits per heavy atom. The van der Waals surface area contributed by atoms with Crippen molar-refractivity contribution in [3.8, 4) is 0 Å². The Labute approximate surface area is 159 Å². The first kappa shape index (κ1) is 20.8. The zero-order valence-electron chi connectivity index (χ0n) is 13.6. The first-order chi connectivity index (χ1) is 10.5. The van der Waals surface area contributed by atoms with E-state index in [1.807, 2.05) is 0 Å². The van der Waals surface area contributed by atoms with E-state index in [1.165, 1.54) is 36.2 Å². The summed E-state index contributed by atoms with van der Waals surface area (Å²) in [6.45, 7) is 5.55. The van der Waals surface area contributed by atoms with Gasteiger partial charge >= 0.3 is 0 Å². The smallest absolute Gasteiger partial charge is 0.219 e. The molecule has 1 aromatic carbocycles. The Hall–Kier alpha value is 0.730. The van der Waals surface area contributed by atoms with Crippen LogP contribution in [0.15, 0.2) is 41.5 Å². The lowest BCUT2D eigenvalue weighted by atomic mass is 10.3. The van der Waals surface area contributed by atoms with E-state index in [4.69, 9.17) is 0 Å². The molecule has 0 bridgehead atoms. The van der Waals surface area contributed by atoms with E-state index in [9.17, 15) is 4.79 Å². The van der Waals surface area contributed by atoms with Crippen molar-refractivity contribution in [1.29, 1.82) is 0 Å². The van der Waals surface area contributed by atoms with Gasteiger partial charge in [0.25, 0.3) is 0 Å². The number of benzene rings is 1. The van der Waals surface area contributed by atoms with E-state index in [2.05, 4.69) is 37.9 Å². The Morgan fingerprint density at radius 2 is 0.955 bits per heavy atom. The monoisotopic (exact) mass is 408 g/mol. The van der Waals surface area contributed by atoms with Crippen LogP contribution in [0.3, 0.4) is 0 Å². The Balaban J connectivity index is 3.70. The van der Waals surface area contributed by atoms with Gasteiger partial charge in [0.2, 0.25) is 5.12 Å². The topological polar surface area (TPSA) is 17.1 Å². The van der Waals surface area contributed by atoms with Crippen LogP contribution in [-0.2, 0) is 4.79 Å². The summed E-state index contributed by atoms with van der Waals surface area (Å²) in [4.78, 5) is 19.6. The Bertz CT molecular complexity index is 549. The van der Waals surface area contributed by atoms with Gasteiger partial charge in [-0.1, -0.05) is 6.58 Å². The lowest BCUT2D eigenvalue weighted by molar-refractivity contribution is -0.107. The van der Waals surface area contributed by atoms with Crippen molar-refractivity contribution in [2.45, 2.75) is 36.3 Å². The molecule has 1 aromatic rings. The largest absolute Gasteiger partial charge is 0.282 e. The zero-order chi connectivity index (χ0) is 16.9. The van der Waals surface area contributed by atoms with Gasteiger partial charge in [0.1, 0.15) is 0 Å². The van der Waals surface area contributed by atoms with Crippen molar-refractivity contribution in [3.05, 3.63) is 12.2 Å². The highest BCUT2D eigenvalue weighted by Gasteiger charge is 2.24. The van der Waals surface area contributed by atoms with Crippen LogP contribution in [0.5, 0.6) is 0 Å². The van der Waals surface area contributed by atoms with Crippen LogP contribution < -0.4 is 0 Å². The molecule has 1 nitrogen and oxygen atoms in total. The lowest BCUT2D eigenvalue weighted by Crippen LogP contribution is -1.98. The van der Waals surface area contributed by atoms with Crippen LogP contribution in [0, 0.1) is 0 Å². The van der Waals surface area contributed by atoms with Crippen molar-refractivity contribution in [3.63, 3.8) is 0 Å². The van der Waals surface area contributed by atoms with E-state index in [-0.39, 0.29) is 5.12 Å². The quantitative estimate of drug-likeness (QED) is 0.374. The fraction of sp³-hybridized carbons (Fsp3) is 0.400. The van der Waals surface area contributed by atoms with Gasteiger partial charge in [-0.3, -0.25) is 4.79 Å². The van der Waals surface area contributed by atoms with Gasteiger partial charge in [-0.15, -0.1) is 58.8 Å². The molecule has 1 rings (SSSR count). The number of carbonyl (C=O) groups excluding carboxylic acids is 1. The summed E-state index contributed by atoms with van der Waals surface area (Å²) in [6.07, 6.45) is 10.5. The second-order valence-electron chi connectivity index (χ2n) is 4.17. The van der Waals surface area contributed by atoms with Crippen molar-refractivity contribution in [2.75, 3.05) is 31.3 Å². The van der Waals surface area contributed by atoms with Crippen LogP contribution in [-0.4, -0.2) is 36.4 Å². The van der Waals surface area contributed by atoms with Crippen LogP contribution in [0.25, 0.3) is 0 Å². The highest BCUT2D eigenvalue weighted by Crippen LogP contribution is 2.52. The van der Waals surface area contributed by atoms with Gasteiger partial charge in [0.05, 0.1) is 0 Å². The van der Waals surface area contributed by atoms with E-state index >= 15 is 0 Å². The van der Waals surface area contributed by atoms with Crippen molar-refractivity contribution in [2.24, 2.45) is 0 Å². The molecule has 0 unspecified atom stereocenters. The van der Waals surface area contributed by atoms with Gasteiger partial charge in [-0.25, -0.2) is 0 Å². The number of hydrogen-bond donors (Lipinski definition) is 0. The summed E-state index contributed by atoms with van der Waals surface area (Å²) in [6, 6.07) is 0.